The van der Waals surface area contributed by atoms with Crippen molar-refractivity contribution in [1.29, 1.82) is 0 Å². The Hall–Kier alpha value is -2.74. The number of benzene rings is 2. The van der Waals surface area contributed by atoms with Gasteiger partial charge in [-0.1, -0.05) is 82.2 Å². The molecule has 1 fully saturated rings. The summed E-state index contributed by atoms with van der Waals surface area (Å²) in [6.45, 7) is 2.96. The highest BCUT2D eigenvalue weighted by Crippen LogP contribution is 2.17. The van der Waals surface area contributed by atoms with Gasteiger partial charge in [0.2, 0.25) is 0 Å². The average molecular weight is 452 g/mol. The van der Waals surface area contributed by atoms with Gasteiger partial charge in [0.1, 0.15) is 5.75 Å². The molecule has 3 rings (SSSR count). The molecule has 2 atom stereocenters. The quantitative estimate of drug-likeness (QED) is 0.191. The minimum Gasteiger partial charge on any atom is -0.494 e. The van der Waals surface area contributed by atoms with Crippen molar-refractivity contribution in [2.45, 2.75) is 70.4 Å². The van der Waals surface area contributed by atoms with Crippen molar-refractivity contribution < 1.29 is 9.53 Å². The van der Waals surface area contributed by atoms with E-state index in [-0.39, 0.29) is 18.0 Å². The van der Waals surface area contributed by atoms with E-state index in [0.29, 0.717) is 12.2 Å². The van der Waals surface area contributed by atoms with E-state index in [1.165, 1.54) is 44.9 Å². The minimum atomic E-state index is -0.254. The van der Waals surface area contributed by atoms with Crippen LogP contribution in [0.25, 0.3) is 0 Å². The highest BCUT2D eigenvalue weighted by Gasteiger charge is 2.26. The molecule has 0 saturated carbocycles. The minimum absolute atomic E-state index is 0.0179. The van der Waals surface area contributed by atoms with Crippen LogP contribution in [0.3, 0.4) is 0 Å². The molecule has 0 aliphatic carbocycles. The van der Waals surface area contributed by atoms with Gasteiger partial charge in [0.15, 0.2) is 0 Å². The van der Waals surface area contributed by atoms with Crippen LogP contribution in [0.1, 0.15) is 80.3 Å². The Morgan fingerprint density at radius 1 is 0.939 bits per heavy atom. The zero-order valence-electron chi connectivity index (χ0n) is 19.6. The van der Waals surface area contributed by atoms with Crippen LogP contribution in [0, 0.1) is 0 Å². The molecule has 178 valence electrons. The average Bonchev–Trinajstić information content (AvgIpc) is 3.32. The number of unbranched alkanes of at least 4 members (excludes halogenated alkanes) is 7. The van der Waals surface area contributed by atoms with Gasteiger partial charge in [-0.15, -0.1) is 0 Å². The van der Waals surface area contributed by atoms with Crippen LogP contribution in [-0.2, 0) is 0 Å². The van der Waals surface area contributed by atoms with E-state index in [1.54, 1.807) is 18.3 Å². The summed E-state index contributed by atoms with van der Waals surface area (Å²) in [7, 11) is 0. The number of ether oxygens (including phenoxy) is 1. The third-order valence-electron chi connectivity index (χ3n) is 5.77. The van der Waals surface area contributed by atoms with Gasteiger partial charge >= 0.3 is 0 Å². The number of amides is 1. The molecule has 1 saturated heterocycles. The zero-order chi connectivity index (χ0) is 23.1. The predicted octanol–water partition coefficient (Wildman–Crippen LogP) is 4.64. The number of hydrogen-bond acceptors (Lipinski definition) is 6. The first-order valence-corrected chi connectivity index (χ1v) is 12.2. The lowest BCUT2D eigenvalue weighted by atomic mass is 10.0. The number of nitrogens with zero attached hydrogens (tertiary/aromatic N) is 1. The first-order chi connectivity index (χ1) is 16.3. The van der Waals surface area contributed by atoms with Crippen LogP contribution < -0.4 is 26.5 Å². The summed E-state index contributed by atoms with van der Waals surface area (Å²) in [4.78, 5) is 12.4. The highest BCUT2D eigenvalue weighted by molar-refractivity contribution is 5.94. The Kier molecular flexibility index (Phi) is 10.9. The number of hydrazone groups is 1. The fraction of sp³-hybridized carbons (Fsp3) is 0.462. The molecule has 0 spiro atoms. The number of nitrogens with one attached hydrogen (secondary N) is 4. The fourth-order valence-corrected chi connectivity index (χ4v) is 3.82. The molecule has 0 radical (unpaired) electrons. The summed E-state index contributed by atoms with van der Waals surface area (Å²) in [6, 6.07) is 17.2. The molecule has 2 unspecified atom stereocenters. The summed E-state index contributed by atoms with van der Waals surface area (Å²) in [6.07, 6.45) is 11.9. The number of hydrazine groups is 2. The molecule has 1 amide bonds. The van der Waals surface area contributed by atoms with E-state index in [0.717, 1.165) is 17.7 Å². The van der Waals surface area contributed by atoms with Crippen molar-refractivity contribution in [2.75, 3.05) is 6.61 Å². The van der Waals surface area contributed by atoms with Gasteiger partial charge in [-0.2, -0.15) is 10.6 Å². The van der Waals surface area contributed by atoms with Crippen LogP contribution in [0.5, 0.6) is 5.75 Å². The van der Waals surface area contributed by atoms with E-state index in [1.807, 2.05) is 42.5 Å². The molecule has 0 bridgehead atoms. The normalized spacial score (nSPS) is 18.0. The molecule has 2 aromatic rings. The van der Waals surface area contributed by atoms with Crippen molar-refractivity contribution >= 4 is 12.1 Å². The van der Waals surface area contributed by atoms with E-state index in [2.05, 4.69) is 33.8 Å². The molecule has 33 heavy (non-hydrogen) atoms. The maximum Gasteiger partial charge on any atom is 0.271 e. The van der Waals surface area contributed by atoms with Crippen LogP contribution in [0.15, 0.2) is 59.7 Å². The van der Waals surface area contributed by atoms with Gasteiger partial charge in [0, 0.05) is 11.8 Å². The second-order valence-electron chi connectivity index (χ2n) is 8.39. The molecule has 1 aliphatic rings. The van der Waals surface area contributed by atoms with Gasteiger partial charge in [-0.3, -0.25) is 4.79 Å². The molecule has 1 aliphatic heterocycles. The Bertz CT molecular complexity index is 842. The van der Waals surface area contributed by atoms with Crippen molar-refractivity contribution in [3.8, 4) is 5.75 Å². The third-order valence-corrected chi connectivity index (χ3v) is 5.77. The lowest BCUT2D eigenvalue weighted by Gasteiger charge is -2.14. The van der Waals surface area contributed by atoms with Crippen molar-refractivity contribution in [3.05, 3.63) is 65.7 Å². The van der Waals surface area contributed by atoms with Crippen LogP contribution in [0.4, 0.5) is 0 Å². The second kappa shape index (κ2) is 14.4. The lowest BCUT2D eigenvalue weighted by molar-refractivity contribution is 0.0955. The zero-order valence-corrected chi connectivity index (χ0v) is 19.6. The number of carbonyl (C=O) groups is 1. The van der Waals surface area contributed by atoms with Gasteiger partial charge in [-0.05, 0) is 36.2 Å². The Morgan fingerprint density at radius 3 is 2.36 bits per heavy atom. The molecular weight excluding hydrogens is 414 g/mol. The first-order valence-electron chi connectivity index (χ1n) is 12.2. The van der Waals surface area contributed by atoms with E-state index >= 15 is 0 Å². The number of rotatable bonds is 14. The molecule has 0 aromatic heterocycles. The van der Waals surface area contributed by atoms with Crippen molar-refractivity contribution in [2.24, 2.45) is 5.10 Å². The monoisotopic (exact) mass is 451 g/mol. The highest BCUT2D eigenvalue weighted by atomic mass is 16.5. The predicted molar refractivity (Wildman–Crippen MR) is 133 cm³/mol. The summed E-state index contributed by atoms with van der Waals surface area (Å²) >= 11 is 0. The molecule has 1 heterocycles. The van der Waals surface area contributed by atoms with Crippen molar-refractivity contribution in [1.82, 2.24) is 21.8 Å². The van der Waals surface area contributed by atoms with E-state index in [4.69, 9.17) is 4.74 Å². The molecule has 2 aromatic carbocycles. The smallest absolute Gasteiger partial charge is 0.271 e. The Labute approximate surface area is 197 Å². The molecule has 7 nitrogen and oxygen atoms in total. The molecule has 4 N–H and O–H groups in total. The number of carbonyl (C=O) groups excluding carboxylic acids is 1. The topological polar surface area (TPSA) is 86.8 Å². The Balaban J connectivity index is 1.34. The molecule has 7 heteroatoms. The summed E-state index contributed by atoms with van der Waals surface area (Å²) in [5.74, 6) is 0.534. The molecular formula is C26H37N5O2. The van der Waals surface area contributed by atoms with E-state index < -0.39 is 0 Å². The van der Waals surface area contributed by atoms with Crippen molar-refractivity contribution in [3.63, 3.8) is 0 Å². The summed E-state index contributed by atoms with van der Waals surface area (Å²) in [5.41, 5.74) is 13.4. The van der Waals surface area contributed by atoms with Gasteiger partial charge in [-0.25, -0.2) is 16.3 Å². The third kappa shape index (κ3) is 8.61. The SMILES string of the molecule is CCCCCCCCCCOc1ccc(C(=O)N/N=C/C2NNNC2c2ccccc2)cc1. The van der Waals surface area contributed by atoms with Gasteiger partial charge in [0.05, 0.1) is 18.7 Å². The summed E-state index contributed by atoms with van der Waals surface area (Å²) < 4.78 is 5.80. The first kappa shape index (κ1) is 24.9. The van der Waals surface area contributed by atoms with Gasteiger partial charge in [0.25, 0.3) is 5.91 Å². The largest absolute Gasteiger partial charge is 0.494 e. The lowest BCUT2D eigenvalue weighted by Crippen LogP contribution is -2.34. The van der Waals surface area contributed by atoms with Gasteiger partial charge < -0.3 is 4.74 Å². The maximum atomic E-state index is 12.4. The van der Waals surface area contributed by atoms with Crippen LogP contribution in [-0.4, -0.2) is 24.8 Å². The van der Waals surface area contributed by atoms with Crippen LogP contribution in [0.2, 0.25) is 0 Å². The number of hydrogen-bond donors (Lipinski definition) is 4. The standard InChI is InChI=1S/C26H37N5O2/c1-2-3-4-5-6-7-8-12-19-33-23-17-15-22(16-18-23)26(32)30-27-20-24-25(29-31-28-24)21-13-10-9-11-14-21/h9-11,13-18,20,24-25,28-29,31H,2-8,12,19H2,1H3,(H,30,32)/b27-20+. The van der Waals surface area contributed by atoms with E-state index in [9.17, 15) is 4.79 Å². The Morgan fingerprint density at radius 2 is 1.64 bits per heavy atom. The second-order valence-corrected chi connectivity index (χ2v) is 8.39. The summed E-state index contributed by atoms with van der Waals surface area (Å²) in [5, 5.41) is 4.13. The van der Waals surface area contributed by atoms with Crippen LogP contribution >= 0.6 is 0 Å². The maximum absolute atomic E-state index is 12.4. The fourth-order valence-electron chi connectivity index (χ4n) is 3.82.